The van der Waals surface area contributed by atoms with Crippen molar-refractivity contribution < 1.29 is 0 Å². The van der Waals surface area contributed by atoms with E-state index >= 15 is 0 Å². The molecule has 0 rings (SSSR count). The summed E-state index contributed by atoms with van der Waals surface area (Å²) < 4.78 is 0. The van der Waals surface area contributed by atoms with E-state index in [4.69, 9.17) is 5.73 Å². The second-order valence-electron chi connectivity index (χ2n) is 2.87. The quantitative estimate of drug-likeness (QED) is 0.597. The maximum Gasteiger partial charge on any atom is 0.00829 e. The molecule has 0 aliphatic carbocycles. The minimum absolute atomic E-state index is 0.654. The van der Waals surface area contributed by atoms with Gasteiger partial charge in [-0.1, -0.05) is 26.0 Å². The molecule has 0 aromatic carbocycles. The van der Waals surface area contributed by atoms with Gasteiger partial charge in [0, 0.05) is 5.70 Å². The maximum atomic E-state index is 5.67. The lowest BCUT2D eigenvalue weighted by molar-refractivity contribution is 0.638. The van der Waals surface area contributed by atoms with Crippen LogP contribution in [0.4, 0.5) is 0 Å². The van der Waals surface area contributed by atoms with Crippen molar-refractivity contribution in [3.63, 3.8) is 0 Å². The van der Waals surface area contributed by atoms with Crippen molar-refractivity contribution in [2.45, 2.75) is 27.2 Å². The van der Waals surface area contributed by atoms with E-state index in [0.29, 0.717) is 5.92 Å². The van der Waals surface area contributed by atoms with Crippen molar-refractivity contribution in [3.05, 3.63) is 23.9 Å². The zero-order chi connectivity index (χ0) is 7.98. The van der Waals surface area contributed by atoms with E-state index in [1.165, 1.54) is 0 Å². The second kappa shape index (κ2) is 5.10. The molecule has 2 N–H and O–H groups in total. The highest BCUT2D eigenvalue weighted by Gasteiger charge is 1.93. The van der Waals surface area contributed by atoms with Crippen LogP contribution in [0.1, 0.15) is 27.2 Å². The van der Waals surface area contributed by atoms with Crippen molar-refractivity contribution in [1.29, 1.82) is 0 Å². The van der Waals surface area contributed by atoms with Crippen molar-refractivity contribution in [2.24, 2.45) is 11.7 Å². The van der Waals surface area contributed by atoms with Gasteiger partial charge in [0.05, 0.1) is 0 Å². The molecule has 0 spiro atoms. The summed E-state index contributed by atoms with van der Waals surface area (Å²) in [6.45, 7) is 6.31. The van der Waals surface area contributed by atoms with Gasteiger partial charge in [0.1, 0.15) is 0 Å². The van der Waals surface area contributed by atoms with Crippen LogP contribution in [0.5, 0.6) is 0 Å². The lowest BCUT2D eigenvalue weighted by Crippen LogP contribution is -2.00. The third kappa shape index (κ3) is 5.42. The van der Waals surface area contributed by atoms with E-state index in [9.17, 15) is 0 Å². The average Bonchev–Trinajstić information content (AvgIpc) is 1.82. The first-order chi connectivity index (χ1) is 4.66. The highest BCUT2D eigenvalue weighted by atomic mass is 14.6. The molecular weight excluding hydrogens is 122 g/mol. The van der Waals surface area contributed by atoms with Gasteiger partial charge in [-0.3, -0.25) is 0 Å². The zero-order valence-electron chi connectivity index (χ0n) is 7.09. The molecule has 0 aromatic heterocycles. The van der Waals surface area contributed by atoms with E-state index < -0.39 is 0 Å². The third-order valence-corrected chi connectivity index (χ3v) is 1.15. The van der Waals surface area contributed by atoms with Crippen LogP contribution in [0, 0.1) is 5.92 Å². The molecule has 0 amide bonds. The Kier molecular flexibility index (Phi) is 4.73. The van der Waals surface area contributed by atoms with Gasteiger partial charge >= 0.3 is 0 Å². The lowest BCUT2D eigenvalue weighted by Gasteiger charge is -2.02. The molecule has 0 bridgehead atoms. The zero-order valence-corrected chi connectivity index (χ0v) is 7.09. The molecule has 0 aliphatic heterocycles. The number of hydrogen-bond acceptors (Lipinski definition) is 1. The summed E-state index contributed by atoms with van der Waals surface area (Å²) in [7, 11) is 0. The smallest absolute Gasteiger partial charge is 0.00829 e. The predicted octanol–water partition coefficient (Wildman–Crippen LogP) is 2.45. The van der Waals surface area contributed by atoms with Crippen LogP contribution in [0.25, 0.3) is 0 Å². The SMILES string of the molecule is C/C=C\C=C(/N)CC(C)C. The van der Waals surface area contributed by atoms with Crippen molar-refractivity contribution in [1.82, 2.24) is 0 Å². The number of allylic oxidation sites excluding steroid dienone is 4. The third-order valence-electron chi connectivity index (χ3n) is 1.15. The Balaban J connectivity index is 3.71. The molecule has 0 fully saturated rings. The Bertz CT molecular complexity index is 132. The average molecular weight is 139 g/mol. The van der Waals surface area contributed by atoms with Gasteiger partial charge in [0.2, 0.25) is 0 Å². The summed E-state index contributed by atoms with van der Waals surface area (Å²) in [6.07, 6.45) is 6.90. The van der Waals surface area contributed by atoms with Crippen LogP contribution < -0.4 is 5.73 Å². The second-order valence-corrected chi connectivity index (χ2v) is 2.87. The largest absolute Gasteiger partial charge is 0.402 e. The summed E-state index contributed by atoms with van der Waals surface area (Å²) in [4.78, 5) is 0. The molecule has 58 valence electrons. The fraction of sp³-hybridized carbons (Fsp3) is 0.556. The van der Waals surface area contributed by atoms with E-state index in [0.717, 1.165) is 12.1 Å². The van der Waals surface area contributed by atoms with Crippen LogP contribution in [0.2, 0.25) is 0 Å². The highest BCUT2D eigenvalue weighted by molar-refractivity contribution is 5.08. The predicted molar refractivity (Wildman–Crippen MR) is 46.5 cm³/mol. The molecule has 0 aliphatic rings. The number of rotatable bonds is 3. The summed E-state index contributed by atoms with van der Waals surface area (Å²) in [6, 6.07) is 0. The van der Waals surface area contributed by atoms with E-state index in [1.54, 1.807) is 0 Å². The normalized spacial score (nSPS) is 13.4. The summed E-state index contributed by atoms with van der Waals surface area (Å²) >= 11 is 0. The molecule has 1 heteroatoms. The minimum atomic E-state index is 0.654. The molecule has 0 heterocycles. The summed E-state index contributed by atoms with van der Waals surface area (Å²) in [5.74, 6) is 0.654. The van der Waals surface area contributed by atoms with Crippen LogP contribution in [-0.4, -0.2) is 0 Å². The van der Waals surface area contributed by atoms with Gasteiger partial charge in [-0.15, -0.1) is 0 Å². The first kappa shape index (κ1) is 9.28. The highest BCUT2D eigenvalue weighted by Crippen LogP contribution is 2.04. The molecule has 0 atom stereocenters. The number of hydrogen-bond donors (Lipinski definition) is 1. The Hall–Kier alpha value is -0.720. The molecule has 0 radical (unpaired) electrons. The Labute approximate surface area is 63.6 Å². The summed E-state index contributed by atoms with van der Waals surface area (Å²) in [5.41, 5.74) is 6.64. The molecular formula is C9H17N. The monoisotopic (exact) mass is 139 g/mol. The van der Waals surface area contributed by atoms with Gasteiger partial charge in [0.25, 0.3) is 0 Å². The fourth-order valence-corrected chi connectivity index (χ4v) is 0.759. The Morgan fingerprint density at radius 1 is 1.50 bits per heavy atom. The lowest BCUT2D eigenvalue weighted by atomic mass is 10.1. The van der Waals surface area contributed by atoms with Crippen molar-refractivity contribution in [3.8, 4) is 0 Å². The van der Waals surface area contributed by atoms with Crippen LogP contribution in [-0.2, 0) is 0 Å². The van der Waals surface area contributed by atoms with E-state index in [1.807, 2.05) is 25.2 Å². The van der Waals surface area contributed by atoms with Crippen molar-refractivity contribution in [2.75, 3.05) is 0 Å². The molecule has 0 saturated heterocycles. The van der Waals surface area contributed by atoms with Gasteiger partial charge < -0.3 is 5.73 Å². The molecule has 0 saturated carbocycles. The first-order valence-corrected chi connectivity index (χ1v) is 3.74. The maximum absolute atomic E-state index is 5.67. The van der Waals surface area contributed by atoms with E-state index in [-0.39, 0.29) is 0 Å². The summed E-state index contributed by atoms with van der Waals surface area (Å²) in [5, 5.41) is 0. The molecule has 10 heavy (non-hydrogen) atoms. The first-order valence-electron chi connectivity index (χ1n) is 3.74. The molecule has 1 nitrogen and oxygen atoms in total. The van der Waals surface area contributed by atoms with Gasteiger partial charge in [-0.05, 0) is 25.3 Å². The van der Waals surface area contributed by atoms with Gasteiger partial charge in [-0.25, -0.2) is 0 Å². The number of nitrogens with two attached hydrogens (primary N) is 1. The van der Waals surface area contributed by atoms with Crippen LogP contribution in [0.3, 0.4) is 0 Å². The Morgan fingerprint density at radius 3 is 2.50 bits per heavy atom. The molecule has 0 unspecified atom stereocenters. The minimum Gasteiger partial charge on any atom is -0.402 e. The Morgan fingerprint density at radius 2 is 2.10 bits per heavy atom. The molecule has 0 aromatic rings. The van der Waals surface area contributed by atoms with Gasteiger partial charge in [-0.2, -0.15) is 0 Å². The topological polar surface area (TPSA) is 26.0 Å². The van der Waals surface area contributed by atoms with Crippen molar-refractivity contribution >= 4 is 0 Å². The fourth-order valence-electron chi connectivity index (χ4n) is 0.759. The van der Waals surface area contributed by atoms with E-state index in [2.05, 4.69) is 13.8 Å². The van der Waals surface area contributed by atoms with Crippen LogP contribution in [0.15, 0.2) is 23.9 Å². The van der Waals surface area contributed by atoms with Crippen LogP contribution >= 0.6 is 0 Å². The standard InChI is InChI=1S/C9H17N/c1-4-5-6-9(10)7-8(2)3/h4-6,8H,7,10H2,1-3H3/b5-4-,9-6-. The van der Waals surface area contributed by atoms with Gasteiger partial charge in [0.15, 0.2) is 0 Å².